The number of nitrogens with one attached hydrogen (secondary N) is 1. The number of piperidine rings is 1. The monoisotopic (exact) mass is 348 g/mol. The summed E-state index contributed by atoms with van der Waals surface area (Å²) in [6, 6.07) is 19.0. The lowest BCUT2D eigenvalue weighted by molar-refractivity contribution is 0.0688. The molecule has 1 unspecified atom stereocenters. The molecule has 1 amide bonds. The Morgan fingerprint density at radius 2 is 1.69 bits per heavy atom. The van der Waals surface area contributed by atoms with Crippen LogP contribution in [0.3, 0.4) is 0 Å². The lowest BCUT2D eigenvalue weighted by Gasteiger charge is -2.34. The molecular weight excluding hydrogens is 320 g/mol. The fraction of sp³-hybridized carbons (Fsp3) is 0.435. The van der Waals surface area contributed by atoms with E-state index in [-0.39, 0.29) is 5.91 Å². The Hall–Kier alpha value is -2.13. The number of hydrogen-bond donors (Lipinski definition) is 1. The average molecular weight is 348 g/mol. The van der Waals surface area contributed by atoms with E-state index in [4.69, 9.17) is 0 Å². The predicted molar refractivity (Wildman–Crippen MR) is 105 cm³/mol. The molecule has 1 fully saturated rings. The molecule has 0 saturated carbocycles. The number of rotatable bonds is 4. The van der Waals surface area contributed by atoms with Crippen molar-refractivity contribution < 1.29 is 4.79 Å². The van der Waals surface area contributed by atoms with Gasteiger partial charge in [-0.1, -0.05) is 42.5 Å². The fourth-order valence-corrected chi connectivity index (χ4v) is 4.38. The summed E-state index contributed by atoms with van der Waals surface area (Å²) in [5.74, 6) is 0.849. The maximum atomic E-state index is 12.6. The number of hydrogen-bond acceptors (Lipinski definition) is 2. The normalized spacial score (nSPS) is 20.6. The highest BCUT2D eigenvalue weighted by molar-refractivity contribution is 5.94. The van der Waals surface area contributed by atoms with E-state index >= 15 is 0 Å². The molecule has 0 bridgehead atoms. The van der Waals surface area contributed by atoms with Gasteiger partial charge in [0.05, 0.1) is 0 Å². The van der Waals surface area contributed by atoms with Crippen LogP contribution in [-0.4, -0.2) is 30.4 Å². The van der Waals surface area contributed by atoms with Gasteiger partial charge in [-0.2, -0.15) is 0 Å². The minimum Gasteiger partial charge on any atom is -0.339 e. The zero-order valence-electron chi connectivity index (χ0n) is 15.4. The highest BCUT2D eigenvalue weighted by atomic mass is 16.2. The molecular formula is C23H28N2O. The maximum absolute atomic E-state index is 12.6. The number of benzene rings is 2. The van der Waals surface area contributed by atoms with E-state index in [1.807, 2.05) is 35.2 Å². The molecule has 26 heavy (non-hydrogen) atoms. The molecule has 0 spiro atoms. The molecule has 3 nitrogen and oxygen atoms in total. The van der Waals surface area contributed by atoms with E-state index in [9.17, 15) is 4.79 Å². The average Bonchev–Trinajstić information content (AvgIpc) is 2.73. The minimum atomic E-state index is 0.179. The SMILES string of the molecule is O=C(c1ccccc1)N1CCC(CNC2CCCc3ccccc32)CC1. The summed E-state index contributed by atoms with van der Waals surface area (Å²) >= 11 is 0. The number of nitrogens with zero attached hydrogens (tertiary/aromatic N) is 1. The first kappa shape index (κ1) is 17.3. The third-order valence-electron chi connectivity index (χ3n) is 5.94. The smallest absolute Gasteiger partial charge is 0.253 e. The van der Waals surface area contributed by atoms with Crippen LogP contribution in [0.25, 0.3) is 0 Å². The lowest BCUT2D eigenvalue weighted by atomic mass is 9.87. The summed E-state index contributed by atoms with van der Waals surface area (Å²) in [7, 11) is 0. The Balaban J connectivity index is 1.28. The molecule has 4 rings (SSSR count). The molecule has 136 valence electrons. The van der Waals surface area contributed by atoms with Crippen molar-refractivity contribution in [1.29, 1.82) is 0 Å². The second-order valence-electron chi connectivity index (χ2n) is 7.65. The van der Waals surface area contributed by atoms with Crippen LogP contribution in [0, 0.1) is 5.92 Å². The largest absolute Gasteiger partial charge is 0.339 e. The molecule has 0 aromatic heterocycles. The molecule has 0 radical (unpaired) electrons. The molecule has 1 heterocycles. The third kappa shape index (κ3) is 3.83. The molecule has 2 aromatic rings. The quantitative estimate of drug-likeness (QED) is 0.898. The molecule has 1 atom stereocenters. The van der Waals surface area contributed by atoms with E-state index in [2.05, 4.69) is 29.6 Å². The highest BCUT2D eigenvalue weighted by Gasteiger charge is 2.25. The summed E-state index contributed by atoms with van der Waals surface area (Å²) in [5.41, 5.74) is 3.82. The van der Waals surface area contributed by atoms with Crippen LogP contribution < -0.4 is 5.32 Å². The van der Waals surface area contributed by atoms with Crippen LogP contribution in [0.5, 0.6) is 0 Å². The Labute approximate surface area is 156 Å². The van der Waals surface area contributed by atoms with Gasteiger partial charge in [-0.25, -0.2) is 0 Å². The first-order valence-electron chi connectivity index (χ1n) is 9.97. The highest BCUT2D eigenvalue weighted by Crippen LogP contribution is 2.30. The van der Waals surface area contributed by atoms with Gasteiger partial charge in [-0.05, 0) is 67.8 Å². The fourth-order valence-electron chi connectivity index (χ4n) is 4.38. The number of aryl methyl sites for hydroxylation is 1. The van der Waals surface area contributed by atoms with Crippen molar-refractivity contribution in [3.63, 3.8) is 0 Å². The number of carbonyl (C=O) groups excluding carboxylic acids is 1. The van der Waals surface area contributed by atoms with Crippen molar-refractivity contribution >= 4 is 5.91 Å². The molecule has 2 aliphatic rings. The number of carbonyl (C=O) groups is 1. The lowest BCUT2D eigenvalue weighted by Crippen LogP contribution is -2.41. The second-order valence-corrected chi connectivity index (χ2v) is 7.65. The molecule has 2 aromatic carbocycles. The van der Waals surface area contributed by atoms with Crippen molar-refractivity contribution in [2.24, 2.45) is 5.92 Å². The molecule has 1 N–H and O–H groups in total. The summed E-state index contributed by atoms with van der Waals surface area (Å²) < 4.78 is 0. The minimum absolute atomic E-state index is 0.179. The van der Waals surface area contributed by atoms with E-state index in [1.54, 1.807) is 0 Å². The molecule has 1 saturated heterocycles. The van der Waals surface area contributed by atoms with Crippen LogP contribution >= 0.6 is 0 Å². The Kier molecular flexibility index (Phi) is 5.35. The molecule has 3 heteroatoms. The van der Waals surface area contributed by atoms with Gasteiger partial charge >= 0.3 is 0 Å². The summed E-state index contributed by atoms with van der Waals surface area (Å²) in [6.07, 6.45) is 5.93. The Morgan fingerprint density at radius 3 is 2.50 bits per heavy atom. The maximum Gasteiger partial charge on any atom is 0.253 e. The first-order chi connectivity index (χ1) is 12.8. The van der Waals surface area contributed by atoms with Gasteiger partial charge < -0.3 is 10.2 Å². The number of amides is 1. The van der Waals surface area contributed by atoms with Crippen LogP contribution in [0.4, 0.5) is 0 Å². The summed E-state index contributed by atoms with van der Waals surface area (Å²) in [5, 5.41) is 3.82. The van der Waals surface area contributed by atoms with E-state index in [1.165, 1.54) is 30.4 Å². The topological polar surface area (TPSA) is 32.3 Å². The zero-order chi connectivity index (χ0) is 17.8. The van der Waals surface area contributed by atoms with Crippen molar-refractivity contribution in [1.82, 2.24) is 10.2 Å². The van der Waals surface area contributed by atoms with E-state index in [0.717, 1.165) is 38.0 Å². The summed E-state index contributed by atoms with van der Waals surface area (Å²) in [6.45, 7) is 2.81. The first-order valence-corrected chi connectivity index (χ1v) is 9.97. The standard InChI is InChI=1S/C23H28N2O/c26-23(20-8-2-1-3-9-20)25-15-13-18(14-16-25)17-24-22-12-6-10-19-7-4-5-11-21(19)22/h1-5,7-9,11,18,22,24H,6,10,12-17H2. The third-order valence-corrected chi connectivity index (χ3v) is 5.94. The van der Waals surface area contributed by atoms with Crippen molar-refractivity contribution in [2.45, 2.75) is 38.1 Å². The summed E-state index contributed by atoms with van der Waals surface area (Å²) in [4.78, 5) is 14.6. The van der Waals surface area contributed by atoms with Gasteiger partial charge in [0.15, 0.2) is 0 Å². The van der Waals surface area contributed by atoms with Gasteiger partial charge in [0, 0.05) is 24.7 Å². The molecule has 1 aliphatic heterocycles. The second kappa shape index (κ2) is 8.05. The van der Waals surface area contributed by atoms with E-state index in [0.29, 0.717) is 12.0 Å². The van der Waals surface area contributed by atoms with Crippen molar-refractivity contribution in [3.05, 3.63) is 71.3 Å². The van der Waals surface area contributed by atoms with Crippen LogP contribution in [0.1, 0.15) is 53.2 Å². The van der Waals surface area contributed by atoms with Crippen molar-refractivity contribution in [3.8, 4) is 0 Å². The van der Waals surface area contributed by atoms with Gasteiger partial charge in [-0.3, -0.25) is 4.79 Å². The Morgan fingerprint density at radius 1 is 0.962 bits per heavy atom. The predicted octanol–water partition coefficient (Wildman–Crippen LogP) is 4.21. The van der Waals surface area contributed by atoms with Crippen LogP contribution in [0.2, 0.25) is 0 Å². The van der Waals surface area contributed by atoms with E-state index < -0.39 is 0 Å². The zero-order valence-corrected chi connectivity index (χ0v) is 15.4. The van der Waals surface area contributed by atoms with Gasteiger partial charge in [-0.15, -0.1) is 0 Å². The molecule has 1 aliphatic carbocycles. The van der Waals surface area contributed by atoms with Crippen LogP contribution in [0.15, 0.2) is 54.6 Å². The van der Waals surface area contributed by atoms with Crippen molar-refractivity contribution in [2.75, 3.05) is 19.6 Å². The van der Waals surface area contributed by atoms with Gasteiger partial charge in [0.25, 0.3) is 5.91 Å². The van der Waals surface area contributed by atoms with Gasteiger partial charge in [0.1, 0.15) is 0 Å². The number of likely N-dealkylation sites (tertiary alicyclic amines) is 1. The van der Waals surface area contributed by atoms with Crippen LogP contribution in [-0.2, 0) is 6.42 Å². The number of fused-ring (bicyclic) bond motifs is 1. The van der Waals surface area contributed by atoms with Gasteiger partial charge in [0.2, 0.25) is 0 Å². The Bertz CT molecular complexity index is 735.